The van der Waals surface area contributed by atoms with Crippen LogP contribution < -0.4 is 0 Å². The molecule has 0 unspecified atom stereocenters. The Morgan fingerprint density at radius 2 is 1.94 bits per heavy atom. The summed E-state index contributed by atoms with van der Waals surface area (Å²) in [5.41, 5.74) is 7.22. The lowest BCUT2D eigenvalue weighted by molar-refractivity contribution is 0.862. The number of nitrogens with one attached hydrogen (secondary N) is 2. The van der Waals surface area contributed by atoms with Crippen molar-refractivity contribution < 1.29 is 0 Å². The van der Waals surface area contributed by atoms with Gasteiger partial charge in [-0.3, -0.25) is 5.10 Å². The van der Waals surface area contributed by atoms with Crippen LogP contribution in [0.25, 0.3) is 55.3 Å². The molecule has 152 valence electrons. The second kappa shape index (κ2) is 6.61. The molecule has 2 N–H and O–H groups in total. The van der Waals surface area contributed by atoms with Crippen molar-refractivity contribution in [3.05, 3.63) is 59.5 Å². The highest BCUT2D eigenvalue weighted by molar-refractivity contribution is 7.15. The van der Waals surface area contributed by atoms with Crippen LogP contribution in [0, 0.1) is 13.8 Å². The number of imidazole rings is 1. The average molecular weight is 426 g/mol. The Kier molecular flexibility index (Phi) is 3.85. The Bertz CT molecular complexity index is 1580. The number of aromatic nitrogens is 7. The van der Waals surface area contributed by atoms with Gasteiger partial charge in [-0.1, -0.05) is 0 Å². The number of pyridine rings is 2. The lowest BCUT2D eigenvalue weighted by Crippen LogP contribution is -1.96. The van der Waals surface area contributed by atoms with Gasteiger partial charge in [-0.05, 0) is 50.2 Å². The number of aromatic amines is 2. The number of fused-ring (bicyclic) bond motifs is 2. The van der Waals surface area contributed by atoms with E-state index in [9.17, 15) is 0 Å². The Morgan fingerprint density at radius 3 is 2.71 bits per heavy atom. The summed E-state index contributed by atoms with van der Waals surface area (Å²) in [6.45, 7) is 4.10. The minimum Gasteiger partial charge on any atom is -0.338 e. The van der Waals surface area contributed by atoms with Crippen molar-refractivity contribution in [3.63, 3.8) is 0 Å². The lowest BCUT2D eigenvalue weighted by Gasteiger charge is -2.03. The van der Waals surface area contributed by atoms with Gasteiger partial charge in [0, 0.05) is 33.9 Å². The van der Waals surface area contributed by atoms with E-state index in [1.165, 1.54) is 15.3 Å². The van der Waals surface area contributed by atoms with E-state index in [0.717, 1.165) is 50.7 Å². The largest absolute Gasteiger partial charge is 0.338 e. The first-order valence-electron chi connectivity index (χ1n) is 9.97. The molecule has 0 bridgehead atoms. The van der Waals surface area contributed by atoms with Crippen molar-refractivity contribution >= 4 is 33.4 Å². The van der Waals surface area contributed by atoms with Gasteiger partial charge in [0.05, 0.1) is 28.8 Å². The van der Waals surface area contributed by atoms with Crippen LogP contribution in [0.2, 0.25) is 0 Å². The van der Waals surface area contributed by atoms with Crippen LogP contribution in [0.5, 0.6) is 0 Å². The fourth-order valence-electron chi connectivity index (χ4n) is 3.92. The molecule has 0 radical (unpaired) electrons. The summed E-state index contributed by atoms with van der Waals surface area (Å²) in [5, 5.41) is 8.75. The van der Waals surface area contributed by atoms with Crippen molar-refractivity contribution in [1.82, 2.24) is 34.7 Å². The molecule has 0 amide bonds. The average Bonchev–Trinajstić information content (AvgIpc) is 3.54. The van der Waals surface area contributed by atoms with Gasteiger partial charge in [0.15, 0.2) is 0 Å². The number of rotatable bonds is 3. The summed E-state index contributed by atoms with van der Waals surface area (Å²) in [6, 6.07) is 12.5. The normalized spacial score (nSPS) is 11.7. The highest BCUT2D eigenvalue weighted by atomic mass is 32.1. The van der Waals surface area contributed by atoms with Crippen LogP contribution in [0.4, 0.5) is 0 Å². The van der Waals surface area contributed by atoms with E-state index in [-0.39, 0.29) is 0 Å². The monoisotopic (exact) mass is 425 g/mol. The number of nitrogens with zero attached hydrogens (tertiary/aromatic N) is 5. The Hall–Kier alpha value is -3.78. The number of aryl methyl sites for hydroxylation is 2. The fraction of sp³-hybridized carbons (Fsp3) is 0.130. The molecule has 6 aromatic heterocycles. The molecule has 31 heavy (non-hydrogen) atoms. The van der Waals surface area contributed by atoms with Gasteiger partial charge in [-0.25, -0.2) is 15.0 Å². The molecule has 0 saturated carbocycles. The van der Waals surface area contributed by atoms with E-state index in [0.29, 0.717) is 0 Å². The summed E-state index contributed by atoms with van der Waals surface area (Å²) >= 11 is 1.78. The fourth-order valence-corrected chi connectivity index (χ4v) is 4.83. The second-order valence-electron chi connectivity index (χ2n) is 7.63. The van der Waals surface area contributed by atoms with Crippen LogP contribution in [-0.4, -0.2) is 34.7 Å². The Labute approximate surface area is 181 Å². The highest BCUT2D eigenvalue weighted by Crippen LogP contribution is 2.36. The van der Waals surface area contributed by atoms with Crippen molar-refractivity contribution in [2.45, 2.75) is 13.8 Å². The number of thiophene rings is 1. The van der Waals surface area contributed by atoms with E-state index < -0.39 is 0 Å². The molecule has 0 saturated heterocycles. The van der Waals surface area contributed by atoms with Crippen LogP contribution in [0.3, 0.4) is 0 Å². The van der Waals surface area contributed by atoms with Crippen molar-refractivity contribution in [3.8, 4) is 33.2 Å². The lowest BCUT2D eigenvalue weighted by atomic mass is 10.1. The summed E-state index contributed by atoms with van der Waals surface area (Å²) in [5.74, 6) is 0.947. The standard InChI is InChI=1S/C23H19N7S/c1-12-4-7-20(31-12)14-8-9-24-23-15(14)10-18(27-23)22-21-17(28-29-22)6-5-16(26-21)19-11-25-13(2)30(19)3/h4-11H,1-3H3,(H,24,27)(H,28,29). The molecular weight excluding hydrogens is 406 g/mol. The van der Waals surface area contributed by atoms with Crippen LogP contribution >= 0.6 is 11.3 Å². The molecule has 0 aliphatic heterocycles. The zero-order valence-corrected chi connectivity index (χ0v) is 18.1. The summed E-state index contributed by atoms with van der Waals surface area (Å²) < 4.78 is 2.04. The molecule has 6 aromatic rings. The van der Waals surface area contributed by atoms with Crippen LogP contribution in [-0.2, 0) is 7.05 Å². The van der Waals surface area contributed by atoms with E-state index >= 15 is 0 Å². The molecule has 0 aliphatic rings. The van der Waals surface area contributed by atoms with Crippen molar-refractivity contribution in [2.75, 3.05) is 0 Å². The molecule has 0 aliphatic carbocycles. The maximum absolute atomic E-state index is 4.92. The maximum atomic E-state index is 4.92. The van der Waals surface area contributed by atoms with Gasteiger partial charge in [0.2, 0.25) is 0 Å². The molecular formula is C23H19N7S. The molecule has 6 heterocycles. The molecule has 8 heteroatoms. The number of H-pyrrole nitrogens is 2. The van der Waals surface area contributed by atoms with Crippen molar-refractivity contribution in [2.24, 2.45) is 7.05 Å². The predicted octanol–water partition coefficient (Wildman–Crippen LogP) is 5.25. The van der Waals surface area contributed by atoms with E-state index in [1.54, 1.807) is 11.3 Å². The topological polar surface area (TPSA) is 88.1 Å². The summed E-state index contributed by atoms with van der Waals surface area (Å²) in [4.78, 5) is 19.8. The van der Waals surface area contributed by atoms with Gasteiger partial charge in [0.25, 0.3) is 0 Å². The van der Waals surface area contributed by atoms with E-state index in [1.807, 2.05) is 43.1 Å². The minimum atomic E-state index is 0.780. The third kappa shape index (κ3) is 2.79. The van der Waals surface area contributed by atoms with E-state index in [2.05, 4.69) is 56.3 Å². The zero-order chi connectivity index (χ0) is 21.1. The molecule has 0 aromatic carbocycles. The minimum absolute atomic E-state index is 0.780. The molecule has 0 spiro atoms. The Morgan fingerprint density at radius 1 is 1.03 bits per heavy atom. The van der Waals surface area contributed by atoms with Gasteiger partial charge in [0.1, 0.15) is 22.7 Å². The number of hydrogen-bond donors (Lipinski definition) is 2. The maximum Gasteiger partial charge on any atom is 0.138 e. The second-order valence-corrected chi connectivity index (χ2v) is 8.92. The third-order valence-electron chi connectivity index (χ3n) is 5.68. The first kappa shape index (κ1) is 18.0. The molecule has 7 nitrogen and oxygen atoms in total. The van der Waals surface area contributed by atoms with Gasteiger partial charge >= 0.3 is 0 Å². The zero-order valence-electron chi connectivity index (χ0n) is 17.3. The van der Waals surface area contributed by atoms with Gasteiger partial charge in [-0.15, -0.1) is 11.3 Å². The van der Waals surface area contributed by atoms with Gasteiger partial charge < -0.3 is 9.55 Å². The van der Waals surface area contributed by atoms with Gasteiger partial charge in [-0.2, -0.15) is 5.10 Å². The molecule has 0 fully saturated rings. The first-order valence-corrected chi connectivity index (χ1v) is 10.8. The number of hydrogen-bond acceptors (Lipinski definition) is 5. The molecule has 0 atom stereocenters. The highest BCUT2D eigenvalue weighted by Gasteiger charge is 2.17. The van der Waals surface area contributed by atoms with E-state index in [4.69, 9.17) is 4.98 Å². The SMILES string of the molecule is Cc1ccc(-c2ccnc3[nH]c(-c4n[nH]c5ccc(-c6cnc(C)n6C)nc45)cc23)s1. The smallest absolute Gasteiger partial charge is 0.138 e. The predicted molar refractivity (Wildman–Crippen MR) is 124 cm³/mol. The Balaban J connectivity index is 1.52. The van der Waals surface area contributed by atoms with Crippen LogP contribution in [0.15, 0.2) is 48.8 Å². The third-order valence-corrected chi connectivity index (χ3v) is 6.72. The van der Waals surface area contributed by atoms with Crippen LogP contribution in [0.1, 0.15) is 10.7 Å². The quantitative estimate of drug-likeness (QED) is 0.405. The molecule has 6 rings (SSSR count). The summed E-state index contributed by atoms with van der Waals surface area (Å²) in [6.07, 6.45) is 3.70. The van der Waals surface area contributed by atoms with Crippen molar-refractivity contribution in [1.29, 1.82) is 0 Å². The first-order chi connectivity index (χ1) is 15.1. The summed E-state index contributed by atoms with van der Waals surface area (Å²) in [7, 11) is 2.00.